The molecule has 1 aromatic heterocycles. The first-order chi connectivity index (χ1) is 9.66. The van der Waals surface area contributed by atoms with Crippen LogP contribution in [0.15, 0.2) is 11.4 Å². The highest BCUT2D eigenvalue weighted by atomic mass is 32.1. The Labute approximate surface area is 125 Å². The zero-order chi connectivity index (χ0) is 15.8. The molecule has 3 nitrogen and oxygen atoms in total. The Bertz CT molecular complexity index is 586. The number of hydrogen-bond donors (Lipinski definition) is 0. The third kappa shape index (κ3) is 3.05. The molecular formula is C14H15F3N2OS. The summed E-state index contributed by atoms with van der Waals surface area (Å²) in [6.45, 7) is 4.20. The number of alkyl halides is 3. The summed E-state index contributed by atoms with van der Waals surface area (Å²) >= 11 is 0.770. The number of halogens is 3. The highest BCUT2D eigenvalue weighted by molar-refractivity contribution is 7.12. The first kappa shape index (κ1) is 15.8. The van der Waals surface area contributed by atoms with Crippen LogP contribution >= 0.6 is 11.3 Å². The number of carbonyl (C=O) groups is 1. The van der Waals surface area contributed by atoms with E-state index in [9.17, 15) is 23.2 Å². The van der Waals surface area contributed by atoms with E-state index in [1.165, 1.54) is 4.90 Å². The van der Waals surface area contributed by atoms with Crippen LogP contribution in [0.1, 0.15) is 41.9 Å². The fourth-order valence-electron chi connectivity index (χ4n) is 2.59. The van der Waals surface area contributed by atoms with Gasteiger partial charge in [0.1, 0.15) is 6.04 Å². The second kappa shape index (κ2) is 5.34. The summed E-state index contributed by atoms with van der Waals surface area (Å²) in [5.74, 6) is -0.491. The summed E-state index contributed by atoms with van der Waals surface area (Å²) in [5.41, 5.74) is -1.17. The molecule has 0 spiro atoms. The number of nitrogens with zero attached hydrogens (tertiary/aromatic N) is 2. The van der Waals surface area contributed by atoms with Crippen molar-refractivity contribution in [2.75, 3.05) is 6.54 Å². The Morgan fingerprint density at radius 1 is 1.52 bits per heavy atom. The molecule has 0 aliphatic carbocycles. The fraction of sp³-hybridized carbons (Fsp3) is 0.571. The van der Waals surface area contributed by atoms with Crippen LogP contribution in [0.5, 0.6) is 0 Å². The third-order valence-corrected chi connectivity index (χ3v) is 4.71. The third-order valence-electron chi connectivity index (χ3n) is 3.79. The standard InChI is InChI=1S/C14H15F3N2OS/c1-13(2)4-3-5-19(11(13)7-18)12(20)10-6-9(8-21-10)14(15,16)17/h6,8,11H,3-5H2,1-2H3. The lowest BCUT2D eigenvalue weighted by Crippen LogP contribution is -2.51. The minimum atomic E-state index is -4.45. The van der Waals surface area contributed by atoms with E-state index < -0.39 is 23.7 Å². The molecule has 1 aliphatic heterocycles. The molecule has 1 unspecified atom stereocenters. The molecule has 0 radical (unpaired) electrons. The van der Waals surface area contributed by atoms with E-state index in [-0.39, 0.29) is 10.3 Å². The number of hydrogen-bond acceptors (Lipinski definition) is 3. The average molecular weight is 316 g/mol. The van der Waals surface area contributed by atoms with Crippen molar-refractivity contribution in [3.05, 3.63) is 21.9 Å². The Morgan fingerprint density at radius 2 is 2.19 bits per heavy atom. The minimum absolute atomic E-state index is 0.0280. The van der Waals surface area contributed by atoms with Gasteiger partial charge in [-0.3, -0.25) is 4.79 Å². The number of piperidine rings is 1. The van der Waals surface area contributed by atoms with Gasteiger partial charge in [0.2, 0.25) is 0 Å². The topological polar surface area (TPSA) is 44.1 Å². The van der Waals surface area contributed by atoms with Gasteiger partial charge >= 0.3 is 6.18 Å². The molecule has 0 saturated carbocycles. The Hall–Kier alpha value is -1.55. The van der Waals surface area contributed by atoms with E-state index in [2.05, 4.69) is 6.07 Å². The molecule has 1 aromatic rings. The van der Waals surface area contributed by atoms with E-state index in [1.54, 1.807) is 0 Å². The van der Waals surface area contributed by atoms with Crippen LogP contribution in [0.25, 0.3) is 0 Å². The van der Waals surface area contributed by atoms with Gasteiger partial charge < -0.3 is 4.90 Å². The zero-order valence-corrected chi connectivity index (χ0v) is 12.5. The summed E-state index contributed by atoms with van der Waals surface area (Å²) in [7, 11) is 0. The molecule has 1 atom stereocenters. The molecule has 0 aromatic carbocycles. The van der Waals surface area contributed by atoms with Gasteiger partial charge in [-0.1, -0.05) is 13.8 Å². The first-order valence-electron chi connectivity index (χ1n) is 6.53. The van der Waals surface area contributed by atoms with Crippen LogP contribution in [-0.4, -0.2) is 23.4 Å². The first-order valence-corrected chi connectivity index (χ1v) is 7.41. The van der Waals surface area contributed by atoms with Crippen LogP contribution in [-0.2, 0) is 6.18 Å². The van der Waals surface area contributed by atoms with Gasteiger partial charge in [0.15, 0.2) is 0 Å². The van der Waals surface area contributed by atoms with Gasteiger partial charge in [0, 0.05) is 11.9 Å². The van der Waals surface area contributed by atoms with E-state index in [0.717, 1.165) is 35.6 Å². The molecule has 2 heterocycles. The number of amides is 1. The Kier molecular flexibility index (Phi) is 4.02. The normalized spacial score (nSPS) is 21.9. The lowest BCUT2D eigenvalue weighted by atomic mass is 9.77. The van der Waals surface area contributed by atoms with Gasteiger partial charge in [0.25, 0.3) is 5.91 Å². The summed E-state index contributed by atoms with van der Waals surface area (Å²) in [6, 6.07) is 2.37. The molecule has 1 aliphatic rings. The Balaban J connectivity index is 2.27. The van der Waals surface area contributed by atoms with Crippen molar-refractivity contribution in [3.8, 4) is 6.07 Å². The second-order valence-corrected chi connectivity index (χ2v) is 6.73. The second-order valence-electron chi connectivity index (χ2n) is 5.82. The van der Waals surface area contributed by atoms with Crippen molar-refractivity contribution in [3.63, 3.8) is 0 Å². The Morgan fingerprint density at radius 3 is 2.71 bits per heavy atom. The fourth-order valence-corrected chi connectivity index (χ4v) is 3.46. The van der Waals surface area contributed by atoms with Crippen LogP contribution in [0.3, 0.4) is 0 Å². The largest absolute Gasteiger partial charge is 0.417 e. The minimum Gasteiger partial charge on any atom is -0.321 e. The summed E-state index contributed by atoms with van der Waals surface area (Å²) in [5, 5.41) is 10.2. The number of rotatable bonds is 1. The SMILES string of the molecule is CC1(C)CCCN(C(=O)c2cc(C(F)(F)F)cs2)C1C#N. The van der Waals surface area contributed by atoms with Crippen LogP contribution in [0, 0.1) is 16.7 Å². The number of carbonyl (C=O) groups excluding carboxylic acids is 1. The van der Waals surface area contributed by atoms with Gasteiger partial charge in [-0.2, -0.15) is 18.4 Å². The van der Waals surface area contributed by atoms with Crippen molar-refractivity contribution in [2.45, 2.75) is 38.9 Å². The van der Waals surface area contributed by atoms with E-state index in [1.807, 2.05) is 13.8 Å². The molecule has 0 N–H and O–H groups in total. The number of thiophene rings is 1. The number of nitriles is 1. The predicted octanol–water partition coefficient (Wildman–Crippen LogP) is 3.92. The van der Waals surface area contributed by atoms with Crippen molar-refractivity contribution < 1.29 is 18.0 Å². The average Bonchev–Trinajstić information content (AvgIpc) is 2.85. The molecule has 21 heavy (non-hydrogen) atoms. The lowest BCUT2D eigenvalue weighted by Gasteiger charge is -2.42. The highest BCUT2D eigenvalue weighted by Crippen LogP contribution is 2.37. The van der Waals surface area contributed by atoms with Crippen molar-refractivity contribution in [1.29, 1.82) is 5.26 Å². The molecule has 1 saturated heterocycles. The molecule has 2 rings (SSSR count). The summed E-state index contributed by atoms with van der Waals surface area (Å²) in [4.78, 5) is 13.8. The predicted molar refractivity (Wildman–Crippen MR) is 72.8 cm³/mol. The summed E-state index contributed by atoms with van der Waals surface area (Å²) in [6.07, 6.45) is -2.90. The van der Waals surface area contributed by atoms with Crippen LogP contribution in [0.2, 0.25) is 0 Å². The smallest absolute Gasteiger partial charge is 0.321 e. The van der Waals surface area contributed by atoms with E-state index in [4.69, 9.17) is 0 Å². The van der Waals surface area contributed by atoms with Gasteiger partial charge in [0.05, 0.1) is 16.5 Å². The van der Waals surface area contributed by atoms with Gasteiger partial charge in [-0.05, 0) is 24.3 Å². The lowest BCUT2D eigenvalue weighted by molar-refractivity contribution is -0.137. The van der Waals surface area contributed by atoms with Crippen molar-refractivity contribution >= 4 is 17.2 Å². The molecule has 114 valence electrons. The van der Waals surface area contributed by atoms with Gasteiger partial charge in [-0.25, -0.2) is 0 Å². The van der Waals surface area contributed by atoms with E-state index >= 15 is 0 Å². The molecule has 0 bridgehead atoms. The molecule has 1 fully saturated rings. The van der Waals surface area contributed by atoms with Crippen molar-refractivity contribution in [2.24, 2.45) is 5.41 Å². The summed E-state index contributed by atoms with van der Waals surface area (Å²) < 4.78 is 37.8. The maximum Gasteiger partial charge on any atom is 0.417 e. The maximum absolute atomic E-state index is 12.6. The van der Waals surface area contributed by atoms with Crippen LogP contribution < -0.4 is 0 Å². The maximum atomic E-state index is 12.6. The van der Waals surface area contributed by atoms with Crippen molar-refractivity contribution in [1.82, 2.24) is 4.90 Å². The van der Waals surface area contributed by atoms with Gasteiger partial charge in [-0.15, -0.1) is 11.3 Å². The molecule has 7 heteroatoms. The van der Waals surface area contributed by atoms with Crippen LogP contribution in [0.4, 0.5) is 13.2 Å². The zero-order valence-electron chi connectivity index (χ0n) is 11.7. The van der Waals surface area contributed by atoms with E-state index in [0.29, 0.717) is 6.54 Å². The quantitative estimate of drug-likeness (QED) is 0.788. The molecule has 1 amide bonds. The number of likely N-dealkylation sites (tertiary alicyclic amines) is 1. The monoisotopic (exact) mass is 316 g/mol. The highest BCUT2D eigenvalue weighted by Gasteiger charge is 2.41. The molecular weight excluding hydrogens is 301 g/mol.